The van der Waals surface area contributed by atoms with Gasteiger partial charge in [0.15, 0.2) is 0 Å². The molecule has 30 heavy (non-hydrogen) atoms. The smallest absolute Gasteiger partial charge is 0.251 e. The van der Waals surface area contributed by atoms with Crippen LogP contribution in [0.3, 0.4) is 0 Å². The second-order valence-corrected chi connectivity index (χ2v) is 8.15. The third-order valence-electron chi connectivity index (χ3n) is 5.59. The lowest BCUT2D eigenvalue weighted by Gasteiger charge is -2.19. The van der Waals surface area contributed by atoms with E-state index < -0.39 is 0 Å². The lowest BCUT2D eigenvalue weighted by molar-refractivity contribution is 0.182. The van der Waals surface area contributed by atoms with Gasteiger partial charge in [-0.25, -0.2) is 9.97 Å². The van der Waals surface area contributed by atoms with Crippen LogP contribution < -0.4 is 10.9 Å². The van der Waals surface area contributed by atoms with Gasteiger partial charge in [0.2, 0.25) is 5.95 Å². The van der Waals surface area contributed by atoms with Crippen molar-refractivity contribution in [2.24, 2.45) is 0 Å². The maximum atomic E-state index is 12.9. The zero-order valence-corrected chi connectivity index (χ0v) is 17.6. The van der Waals surface area contributed by atoms with Crippen LogP contribution in [0.1, 0.15) is 44.2 Å². The number of hydrogen-bond acceptors (Lipinski definition) is 5. The summed E-state index contributed by atoms with van der Waals surface area (Å²) in [4.78, 5) is 21.8. The van der Waals surface area contributed by atoms with Gasteiger partial charge < -0.3 is 15.0 Å². The number of aromatic nitrogens is 3. The van der Waals surface area contributed by atoms with Crippen molar-refractivity contribution in [2.75, 3.05) is 5.32 Å². The van der Waals surface area contributed by atoms with Gasteiger partial charge in [-0.05, 0) is 55.5 Å². The van der Waals surface area contributed by atoms with E-state index in [-0.39, 0.29) is 23.7 Å². The minimum Gasteiger partial charge on any atom is -0.393 e. The standard InChI is InChI=1S/C23H25ClN4O2/c1-2-21(16-4-3-5-17(24)12-16)28-11-9-15(13-22(28)30)20-8-10-25-23(27-20)26-18-6-7-19(29)14-18/h3-5,8-13,18-19,21,29H,2,6-7,14H2,1H3,(H,25,26,27)/t18-,19-,21+/m0/s1. The fourth-order valence-corrected chi connectivity index (χ4v) is 4.27. The molecule has 0 bridgehead atoms. The Morgan fingerprint density at radius 2 is 2.13 bits per heavy atom. The number of halogens is 1. The predicted octanol–water partition coefficient (Wildman–Crippen LogP) is 4.28. The molecular formula is C23H25ClN4O2. The van der Waals surface area contributed by atoms with E-state index in [2.05, 4.69) is 15.3 Å². The molecule has 2 heterocycles. The Morgan fingerprint density at radius 1 is 1.27 bits per heavy atom. The SMILES string of the molecule is CC[C@H](c1cccc(Cl)c1)n1ccc(-c2ccnc(N[C@H]3CC[C@H](O)C3)n2)cc1=O. The highest BCUT2D eigenvalue weighted by Crippen LogP contribution is 2.25. The predicted molar refractivity (Wildman–Crippen MR) is 119 cm³/mol. The third kappa shape index (κ3) is 4.55. The van der Waals surface area contributed by atoms with Crippen LogP contribution in [0.15, 0.2) is 59.7 Å². The topological polar surface area (TPSA) is 80.0 Å². The zero-order chi connectivity index (χ0) is 21.1. The molecule has 0 spiro atoms. The largest absolute Gasteiger partial charge is 0.393 e. The van der Waals surface area contributed by atoms with Gasteiger partial charge in [-0.1, -0.05) is 30.7 Å². The van der Waals surface area contributed by atoms with Crippen molar-refractivity contribution in [1.82, 2.24) is 14.5 Å². The van der Waals surface area contributed by atoms with Crippen molar-refractivity contribution < 1.29 is 5.11 Å². The Morgan fingerprint density at radius 3 is 2.83 bits per heavy atom. The van der Waals surface area contributed by atoms with Crippen LogP contribution in [0, 0.1) is 0 Å². The number of nitrogens with zero attached hydrogens (tertiary/aromatic N) is 3. The van der Waals surface area contributed by atoms with E-state index in [1.54, 1.807) is 22.9 Å². The minimum absolute atomic E-state index is 0.0818. The van der Waals surface area contributed by atoms with Crippen molar-refractivity contribution in [2.45, 2.75) is 50.8 Å². The van der Waals surface area contributed by atoms with E-state index in [1.807, 2.05) is 43.5 Å². The molecule has 1 aliphatic rings. The fourth-order valence-electron chi connectivity index (χ4n) is 4.07. The van der Waals surface area contributed by atoms with Crippen LogP contribution in [-0.2, 0) is 0 Å². The molecule has 1 aromatic carbocycles. The van der Waals surface area contributed by atoms with Crippen LogP contribution >= 0.6 is 11.6 Å². The second-order valence-electron chi connectivity index (χ2n) is 7.71. The minimum atomic E-state index is -0.260. The highest BCUT2D eigenvalue weighted by Gasteiger charge is 2.23. The van der Waals surface area contributed by atoms with Crippen LogP contribution in [0.5, 0.6) is 0 Å². The van der Waals surface area contributed by atoms with E-state index in [1.165, 1.54) is 0 Å². The number of nitrogens with one attached hydrogen (secondary N) is 1. The lowest BCUT2D eigenvalue weighted by atomic mass is 10.0. The average molecular weight is 425 g/mol. The molecule has 0 radical (unpaired) electrons. The summed E-state index contributed by atoms with van der Waals surface area (Å²) in [5, 5.41) is 13.6. The Kier molecular flexibility index (Phi) is 6.16. The van der Waals surface area contributed by atoms with Crippen molar-refractivity contribution in [1.29, 1.82) is 0 Å². The molecule has 0 amide bonds. The summed E-state index contributed by atoms with van der Waals surface area (Å²) in [5.74, 6) is 0.515. The van der Waals surface area contributed by atoms with Crippen molar-refractivity contribution in [3.05, 3.63) is 75.8 Å². The quantitative estimate of drug-likeness (QED) is 0.617. The molecule has 3 aromatic rings. The van der Waals surface area contributed by atoms with Crippen LogP contribution in [0.25, 0.3) is 11.3 Å². The summed E-state index contributed by atoms with van der Waals surface area (Å²) in [6.45, 7) is 2.05. The van der Waals surface area contributed by atoms with Gasteiger partial charge in [-0.2, -0.15) is 0 Å². The molecule has 6 nitrogen and oxygen atoms in total. The van der Waals surface area contributed by atoms with Crippen molar-refractivity contribution in [3.8, 4) is 11.3 Å². The Hall–Kier alpha value is -2.70. The molecular weight excluding hydrogens is 400 g/mol. The monoisotopic (exact) mass is 424 g/mol. The van der Waals surface area contributed by atoms with Crippen LogP contribution in [0.4, 0.5) is 5.95 Å². The van der Waals surface area contributed by atoms with Crippen molar-refractivity contribution in [3.63, 3.8) is 0 Å². The number of aliphatic hydroxyl groups excluding tert-OH is 1. The molecule has 2 aromatic heterocycles. The molecule has 2 N–H and O–H groups in total. The van der Waals surface area contributed by atoms with Gasteiger partial charge in [0.25, 0.3) is 5.56 Å². The van der Waals surface area contributed by atoms with Gasteiger partial charge in [0, 0.05) is 35.1 Å². The van der Waals surface area contributed by atoms with Crippen molar-refractivity contribution >= 4 is 17.5 Å². The number of aliphatic hydroxyl groups is 1. The molecule has 1 saturated carbocycles. The molecule has 7 heteroatoms. The van der Waals surface area contributed by atoms with Gasteiger partial charge in [-0.15, -0.1) is 0 Å². The molecule has 1 fully saturated rings. The van der Waals surface area contributed by atoms with E-state index >= 15 is 0 Å². The molecule has 0 aliphatic heterocycles. The molecule has 3 atom stereocenters. The van der Waals surface area contributed by atoms with Gasteiger partial charge >= 0.3 is 0 Å². The first-order valence-electron chi connectivity index (χ1n) is 10.3. The number of hydrogen-bond donors (Lipinski definition) is 2. The van der Waals surface area contributed by atoms with E-state index in [0.717, 1.165) is 30.4 Å². The zero-order valence-electron chi connectivity index (χ0n) is 16.8. The number of rotatable bonds is 6. The highest BCUT2D eigenvalue weighted by atomic mass is 35.5. The van der Waals surface area contributed by atoms with E-state index in [4.69, 9.17) is 11.6 Å². The normalized spacial score (nSPS) is 19.6. The maximum absolute atomic E-state index is 12.9. The Labute approximate surface area is 180 Å². The maximum Gasteiger partial charge on any atom is 0.251 e. The third-order valence-corrected chi connectivity index (χ3v) is 5.83. The molecule has 4 rings (SSSR count). The number of benzene rings is 1. The first-order valence-corrected chi connectivity index (χ1v) is 10.7. The summed E-state index contributed by atoms with van der Waals surface area (Å²) in [7, 11) is 0. The lowest BCUT2D eigenvalue weighted by Crippen LogP contribution is -2.24. The molecule has 1 aliphatic carbocycles. The molecule has 0 saturated heterocycles. The van der Waals surface area contributed by atoms with Crippen LogP contribution in [0.2, 0.25) is 5.02 Å². The number of pyridine rings is 1. The fraction of sp³-hybridized carbons (Fsp3) is 0.348. The summed E-state index contributed by atoms with van der Waals surface area (Å²) in [6, 6.07) is 13.0. The van der Waals surface area contributed by atoms with Gasteiger partial charge in [0.1, 0.15) is 0 Å². The molecule has 0 unspecified atom stereocenters. The summed E-state index contributed by atoms with van der Waals surface area (Å²) in [6.07, 6.45) is 6.40. The first-order chi connectivity index (χ1) is 14.5. The van der Waals surface area contributed by atoms with Gasteiger partial charge in [-0.3, -0.25) is 4.79 Å². The summed E-state index contributed by atoms with van der Waals surface area (Å²) in [5.41, 5.74) is 2.35. The first kappa shape index (κ1) is 20.6. The summed E-state index contributed by atoms with van der Waals surface area (Å²) >= 11 is 6.14. The van der Waals surface area contributed by atoms with E-state index in [0.29, 0.717) is 23.1 Å². The Balaban J connectivity index is 1.59. The Bertz CT molecular complexity index is 1080. The van der Waals surface area contributed by atoms with E-state index in [9.17, 15) is 9.90 Å². The number of anilines is 1. The summed E-state index contributed by atoms with van der Waals surface area (Å²) < 4.78 is 1.73. The second kappa shape index (κ2) is 8.98. The molecule has 156 valence electrons. The van der Waals surface area contributed by atoms with Gasteiger partial charge in [0.05, 0.1) is 17.8 Å². The van der Waals surface area contributed by atoms with Crippen LogP contribution in [-0.4, -0.2) is 31.8 Å². The highest BCUT2D eigenvalue weighted by molar-refractivity contribution is 6.30. The average Bonchev–Trinajstić information content (AvgIpc) is 3.14.